The number of terminal acetylenes is 1. The molecular weight excluding hydrogens is 140 g/mol. The lowest BCUT2D eigenvalue weighted by Gasteiger charge is -2.16. The average Bonchev–Trinajstić information content (AvgIpc) is 2.13. The molecular formula is C9H18O2. The van der Waals surface area contributed by atoms with E-state index < -0.39 is 6.29 Å². The molecule has 0 unspecified atom stereocenters. The Bertz CT molecular complexity index is 72.9. The third-order valence-corrected chi connectivity index (χ3v) is 1.16. The van der Waals surface area contributed by atoms with Crippen LogP contribution >= 0.6 is 0 Å². The molecule has 0 aromatic carbocycles. The van der Waals surface area contributed by atoms with Gasteiger partial charge < -0.3 is 9.84 Å². The van der Waals surface area contributed by atoms with E-state index >= 15 is 0 Å². The summed E-state index contributed by atoms with van der Waals surface area (Å²) in [5, 5.41) is 8.69. The molecule has 2 nitrogen and oxygen atoms in total. The maximum Gasteiger partial charge on any atom is 0.154 e. The van der Waals surface area contributed by atoms with Crippen LogP contribution in [0.1, 0.15) is 33.1 Å². The first-order valence-corrected chi connectivity index (χ1v) is 4.02. The zero-order valence-electron chi connectivity index (χ0n) is 7.42. The van der Waals surface area contributed by atoms with Crippen LogP contribution in [0.15, 0.2) is 0 Å². The van der Waals surface area contributed by atoms with Gasteiger partial charge in [-0.2, -0.15) is 0 Å². The molecule has 0 bridgehead atoms. The highest BCUT2D eigenvalue weighted by Crippen LogP contribution is 2.08. The molecule has 1 heterocycles. The monoisotopic (exact) mass is 158 g/mol. The molecule has 1 saturated heterocycles. The van der Waals surface area contributed by atoms with Crippen LogP contribution in [0.3, 0.4) is 0 Å². The molecule has 1 fully saturated rings. The van der Waals surface area contributed by atoms with Crippen LogP contribution in [0, 0.1) is 12.8 Å². The van der Waals surface area contributed by atoms with Crippen molar-refractivity contribution in [2.24, 2.45) is 0 Å². The minimum atomic E-state index is -0.464. The summed E-state index contributed by atoms with van der Waals surface area (Å²) in [6.07, 6.45) is 10.6. The SMILES string of the molecule is C#C.CC.O[C@H]1CCCCO1. The minimum Gasteiger partial charge on any atom is -0.368 e. The van der Waals surface area contributed by atoms with Crippen molar-refractivity contribution in [3.63, 3.8) is 0 Å². The fourth-order valence-electron chi connectivity index (χ4n) is 0.724. The molecule has 0 saturated carbocycles. The number of hydrogen-bond acceptors (Lipinski definition) is 2. The molecule has 1 aliphatic rings. The first kappa shape index (κ1) is 13.1. The lowest BCUT2D eigenvalue weighted by molar-refractivity contribution is -0.123. The van der Waals surface area contributed by atoms with Crippen molar-refractivity contribution in [3.05, 3.63) is 0 Å². The van der Waals surface area contributed by atoms with Gasteiger partial charge in [0.2, 0.25) is 0 Å². The topological polar surface area (TPSA) is 29.5 Å². The molecule has 1 aliphatic heterocycles. The van der Waals surface area contributed by atoms with E-state index in [4.69, 9.17) is 9.84 Å². The van der Waals surface area contributed by atoms with Gasteiger partial charge in [0, 0.05) is 6.61 Å². The zero-order valence-corrected chi connectivity index (χ0v) is 7.42. The van der Waals surface area contributed by atoms with E-state index in [0.29, 0.717) is 0 Å². The Hall–Kier alpha value is -0.520. The standard InChI is InChI=1S/C5H10O2.C2H6.C2H2/c6-5-3-1-2-4-7-5;2*1-2/h5-6H,1-4H2;1-2H3;1-2H/t5-;;/m1../s1. The van der Waals surface area contributed by atoms with Crippen molar-refractivity contribution in [1.29, 1.82) is 0 Å². The quantitative estimate of drug-likeness (QED) is 0.544. The van der Waals surface area contributed by atoms with Crippen molar-refractivity contribution in [2.45, 2.75) is 39.4 Å². The molecule has 0 aliphatic carbocycles. The second-order valence-corrected chi connectivity index (χ2v) is 1.82. The molecule has 1 N–H and O–H groups in total. The van der Waals surface area contributed by atoms with E-state index in [1.165, 1.54) is 0 Å². The minimum absolute atomic E-state index is 0.464. The lowest BCUT2D eigenvalue weighted by Crippen LogP contribution is -2.17. The fourth-order valence-corrected chi connectivity index (χ4v) is 0.724. The largest absolute Gasteiger partial charge is 0.368 e. The summed E-state index contributed by atoms with van der Waals surface area (Å²) in [4.78, 5) is 0. The molecule has 0 amide bonds. The van der Waals surface area contributed by atoms with Crippen LogP contribution in [0.2, 0.25) is 0 Å². The normalized spacial score (nSPS) is 21.7. The number of rotatable bonds is 0. The van der Waals surface area contributed by atoms with Crippen molar-refractivity contribution < 1.29 is 9.84 Å². The summed E-state index contributed by atoms with van der Waals surface area (Å²) in [5.41, 5.74) is 0. The highest BCUT2D eigenvalue weighted by molar-refractivity contribution is 4.50. The van der Waals surface area contributed by atoms with Crippen molar-refractivity contribution in [3.8, 4) is 12.8 Å². The Morgan fingerprint density at radius 2 is 1.82 bits per heavy atom. The van der Waals surface area contributed by atoms with Crippen LogP contribution in [-0.4, -0.2) is 18.0 Å². The summed E-state index contributed by atoms with van der Waals surface area (Å²) in [5.74, 6) is 0. The van der Waals surface area contributed by atoms with E-state index in [0.717, 1.165) is 25.9 Å². The molecule has 0 aromatic rings. The molecule has 2 heteroatoms. The van der Waals surface area contributed by atoms with E-state index in [-0.39, 0.29) is 0 Å². The van der Waals surface area contributed by atoms with Gasteiger partial charge in [-0.05, 0) is 19.3 Å². The van der Waals surface area contributed by atoms with Crippen molar-refractivity contribution in [2.75, 3.05) is 6.61 Å². The van der Waals surface area contributed by atoms with Gasteiger partial charge in [-0.25, -0.2) is 0 Å². The van der Waals surface area contributed by atoms with Gasteiger partial charge in [0.25, 0.3) is 0 Å². The van der Waals surface area contributed by atoms with Crippen LogP contribution in [0.25, 0.3) is 0 Å². The van der Waals surface area contributed by atoms with Crippen LogP contribution < -0.4 is 0 Å². The first-order valence-electron chi connectivity index (χ1n) is 4.02. The van der Waals surface area contributed by atoms with Crippen LogP contribution in [0.5, 0.6) is 0 Å². The van der Waals surface area contributed by atoms with E-state index in [2.05, 4.69) is 12.8 Å². The van der Waals surface area contributed by atoms with Gasteiger partial charge in [0.05, 0.1) is 0 Å². The highest BCUT2D eigenvalue weighted by atomic mass is 16.6. The Kier molecular flexibility index (Phi) is 14.5. The maximum absolute atomic E-state index is 8.69. The molecule has 66 valence electrons. The predicted molar refractivity (Wildman–Crippen MR) is 47.0 cm³/mol. The van der Waals surface area contributed by atoms with E-state index in [1.807, 2.05) is 13.8 Å². The van der Waals surface area contributed by atoms with Gasteiger partial charge in [-0.15, -0.1) is 12.8 Å². The highest BCUT2D eigenvalue weighted by Gasteiger charge is 2.07. The Labute approximate surface area is 69.6 Å². The van der Waals surface area contributed by atoms with E-state index in [1.54, 1.807) is 0 Å². The molecule has 1 atom stereocenters. The second-order valence-electron chi connectivity index (χ2n) is 1.82. The fraction of sp³-hybridized carbons (Fsp3) is 0.778. The summed E-state index contributed by atoms with van der Waals surface area (Å²) in [7, 11) is 0. The summed E-state index contributed by atoms with van der Waals surface area (Å²) in [6, 6.07) is 0. The molecule has 11 heavy (non-hydrogen) atoms. The average molecular weight is 158 g/mol. The summed E-state index contributed by atoms with van der Waals surface area (Å²) < 4.78 is 4.83. The number of aliphatic hydroxyl groups excluding tert-OH is 1. The van der Waals surface area contributed by atoms with Gasteiger partial charge in [-0.3, -0.25) is 0 Å². The number of aliphatic hydroxyl groups is 1. The molecule has 0 aromatic heterocycles. The van der Waals surface area contributed by atoms with Gasteiger partial charge in [0.1, 0.15) is 0 Å². The third kappa shape index (κ3) is 9.48. The van der Waals surface area contributed by atoms with Crippen LogP contribution in [-0.2, 0) is 4.74 Å². The van der Waals surface area contributed by atoms with Gasteiger partial charge >= 0.3 is 0 Å². The Morgan fingerprint density at radius 3 is 2.00 bits per heavy atom. The van der Waals surface area contributed by atoms with E-state index in [9.17, 15) is 0 Å². The molecule has 0 radical (unpaired) electrons. The van der Waals surface area contributed by atoms with Gasteiger partial charge in [-0.1, -0.05) is 13.8 Å². The summed E-state index contributed by atoms with van der Waals surface area (Å²) in [6.45, 7) is 4.74. The van der Waals surface area contributed by atoms with Crippen LogP contribution in [0.4, 0.5) is 0 Å². The Morgan fingerprint density at radius 1 is 1.27 bits per heavy atom. The summed E-state index contributed by atoms with van der Waals surface area (Å²) >= 11 is 0. The van der Waals surface area contributed by atoms with Crippen molar-refractivity contribution in [1.82, 2.24) is 0 Å². The number of ether oxygens (including phenoxy) is 1. The lowest BCUT2D eigenvalue weighted by atomic mass is 10.2. The van der Waals surface area contributed by atoms with Gasteiger partial charge in [0.15, 0.2) is 6.29 Å². The molecule has 1 rings (SSSR count). The second kappa shape index (κ2) is 12.2. The van der Waals surface area contributed by atoms with Crippen molar-refractivity contribution >= 4 is 0 Å². The maximum atomic E-state index is 8.69. The zero-order chi connectivity index (χ0) is 9.11. The predicted octanol–water partition coefficient (Wildman–Crippen LogP) is 1.78. The smallest absolute Gasteiger partial charge is 0.154 e. The Balaban J connectivity index is 0. The first-order chi connectivity index (χ1) is 5.39. The third-order valence-electron chi connectivity index (χ3n) is 1.16. The number of hydrogen-bond donors (Lipinski definition) is 1. The molecule has 0 spiro atoms.